The standard InChI is InChI=1S/C12H12BrNO3/c1-17-9-4-3-8(13)10(11(9)16)12(14-7-15)5-2-6-12/h3-4,16H,2,5-6H2,1H3. The van der Waals surface area contributed by atoms with Crippen LogP contribution < -0.4 is 4.74 Å². The fraction of sp³-hybridized carbons (Fsp3) is 0.417. The lowest BCUT2D eigenvalue weighted by Crippen LogP contribution is -2.32. The second-order valence-electron chi connectivity index (χ2n) is 4.06. The van der Waals surface area contributed by atoms with Crippen molar-refractivity contribution in [3.8, 4) is 11.5 Å². The molecule has 0 unspecified atom stereocenters. The SMILES string of the molecule is COc1ccc(Br)c(C2(N=C=O)CCC2)c1O. The molecule has 0 radical (unpaired) electrons. The summed E-state index contributed by atoms with van der Waals surface area (Å²) in [7, 11) is 1.49. The van der Waals surface area contributed by atoms with E-state index in [0.29, 0.717) is 11.3 Å². The molecule has 0 saturated heterocycles. The largest absolute Gasteiger partial charge is 0.504 e. The smallest absolute Gasteiger partial charge is 0.235 e. The third-order valence-electron chi connectivity index (χ3n) is 3.22. The first kappa shape index (κ1) is 12.1. The van der Waals surface area contributed by atoms with Crippen molar-refractivity contribution in [2.45, 2.75) is 24.8 Å². The fourth-order valence-corrected chi connectivity index (χ4v) is 2.86. The van der Waals surface area contributed by atoms with Gasteiger partial charge in [0.1, 0.15) is 5.54 Å². The van der Waals surface area contributed by atoms with Gasteiger partial charge in [0, 0.05) is 10.0 Å². The summed E-state index contributed by atoms with van der Waals surface area (Å²) in [5.74, 6) is 0.427. The molecule has 0 amide bonds. The van der Waals surface area contributed by atoms with Crippen LogP contribution in [0.4, 0.5) is 0 Å². The summed E-state index contributed by atoms with van der Waals surface area (Å²) in [4.78, 5) is 14.4. The van der Waals surface area contributed by atoms with Gasteiger partial charge in [-0.15, -0.1) is 0 Å². The molecule has 1 saturated carbocycles. The van der Waals surface area contributed by atoms with Crippen molar-refractivity contribution < 1.29 is 14.6 Å². The van der Waals surface area contributed by atoms with Crippen molar-refractivity contribution in [3.63, 3.8) is 0 Å². The van der Waals surface area contributed by atoms with E-state index in [1.54, 1.807) is 18.2 Å². The zero-order valence-corrected chi connectivity index (χ0v) is 11.0. The number of benzene rings is 1. The lowest BCUT2D eigenvalue weighted by molar-refractivity contribution is 0.243. The van der Waals surface area contributed by atoms with Gasteiger partial charge in [-0.25, -0.2) is 4.79 Å². The average Bonchev–Trinajstić information content (AvgIpc) is 2.26. The van der Waals surface area contributed by atoms with Gasteiger partial charge in [-0.3, -0.25) is 0 Å². The Morgan fingerprint density at radius 3 is 2.71 bits per heavy atom. The van der Waals surface area contributed by atoms with Crippen molar-refractivity contribution >= 4 is 22.0 Å². The number of aliphatic imine (C=N–C) groups is 1. The van der Waals surface area contributed by atoms with Crippen LogP contribution in [-0.2, 0) is 10.3 Å². The first-order valence-corrected chi connectivity index (χ1v) is 6.09. The van der Waals surface area contributed by atoms with E-state index in [9.17, 15) is 9.90 Å². The van der Waals surface area contributed by atoms with Crippen LogP contribution in [-0.4, -0.2) is 18.3 Å². The van der Waals surface area contributed by atoms with Gasteiger partial charge in [-0.1, -0.05) is 15.9 Å². The van der Waals surface area contributed by atoms with Crippen LogP contribution in [0.1, 0.15) is 24.8 Å². The van der Waals surface area contributed by atoms with Gasteiger partial charge in [0.05, 0.1) is 7.11 Å². The number of isocyanates is 1. The molecular formula is C12H12BrNO3. The molecule has 0 atom stereocenters. The molecule has 1 aliphatic rings. The molecule has 0 bridgehead atoms. The minimum Gasteiger partial charge on any atom is -0.504 e. The summed E-state index contributed by atoms with van der Waals surface area (Å²) < 4.78 is 5.80. The van der Waals surface area contributed by atoms with E-state index < -0.39 is 5.54 Å². The van der Waals surface area contributed by atoms with Gasteiger partial charge in [-0.2, -0.15) is 4.99 Å². The van der Waals surface area contributed by atoms with Crippen molar-refractivity contribution in [2.75, 3.05) is 7.11 Å². The number of phenolic OH excluding ortho intramolecular Hbond substituents is 1. The van der Waals surface area contributed by atoms with Crippen LogP contribution in [0.5, 0.6) is 11.5 Å². The quantitative estimate of drug-likeness (QED) is 0.689. The van der Waals surface area contributed by atoms with Crippen LogP contribution in [0.25, 0.3) is 0 Å². The summed E-state index contributed by atoms with van der Waals surface area (Å²) in [6, 6.07) is 3.45. The number of aromatic hydroxyl groups is 1. The van der Waals surface area contributed by atoms with Crippen molar-refractivity contribution in [3.05, 3.63) is 22.2 Å². The lowest BCUT2D eigenvalue weighted by atomic mass is 9.72. The molecule has 1 aromatic rings. The van der Waals surface area contributed by atoms with E-state index in [1.807, 2.05) is 0 Å². The highest BCUT2D eigenvalue weighted by molar-refractivity contribution is 9.10. The molecule has 0 heterocycles. The average molecular weight is 298 g/mol. The predicted octanol–water partition coefficient (Wildman–Crippen LogP) is 2.88. The van der Waals surface area contributed by atoms with Gasteiger partial charge in [0.15, 0.2) is 11.5 Å². The maximum absolute atomic E-state index is 10.5. The van der Waals surface area contributed by atoms with E-state index in [2.05, 4.69) is 20.9 Å². The zero-order chi connectivity index (χ0) is 12.5. The van der Waals surface area contributed by atoms with E-state index in [1.165, 1.54) is 7.11 Å². The van der Waals surface area contributed by atoms with Crippen molar-refractivity contribution in [1.29, 1.82) is 0 Å². The molecule has 0 spiro atoms. The third-order valence-corrected chi connectivity index (χ3v) is 3.88. The molecule has 1 N–H and O–H groups in total. The number of carbonyl (C=O) groups excluding carboxylic acids is 1. The normalized spacial score (nSPS) is 16.8. The number of nitrogens with zero attached hydrogens (tertiary/aromatic N) is 1. The number of rotatable bonds is 3. The molecule has 2 rings (SSSR count). The molecule has 1 aromatic carbocycles. The van der Waals surface area contributed by atoms with E-state index >= 15 is 0 Å². The maximum Gasteiger partial charge on any atom is 0.235 e. The molecule has 0 aliphatic heterocycles. The Hall–Kier alpha value is -1.32. The van der Waals surface area contributed by atoms with E-state index in [4.69, 9.17) is 4.74 Å². The lowest BCUT2D eigenvalue weighted by Gasteiger charge is -2.38. The number of phenols is 1. The number of hydrogen-bond acceptors (Lipinski definition) is 4. The summed E-state index contributed by atoms with van der Waals surface area (Å²) in [6.45, 7) is 0. The summed E-state index contributed by atoms with van der Waals surface area (Å²) in [6.07, 6.45) is 4.06. The number of methoxy groups -OCH3 is 1. The number of ether oxygens (including phenoxy) is 1. The van der Waals surface area contributed by atoms with Crippen LogP contribution in [0.3, 0.4) is 0 Å². The monoisotopic (exact) mass is 297 g/mol. The van der Waals surface area contributed by atoms with Crippen LogP contribution >= 0.6 is 15.9 Å². The van der Waals surface area contributed by atoms with Crippen LogP contribution in [0.2, 0.25) is 0 Å². The molecular weight excluding hydrogens is 286 g/mol. The summed E-state index contributed by atoms with van der Waals surface area (Å²) in [5, 5.41) is 10.2. The molecule has 1 fully saturated rings. The minimum atomic E-state index is -0.640. The zero-order valence-electron chi connectivity index (χ0n) is 9.36. The Labute approximate surface area is 107 Å². The Morgan fingerprint density at radius 2 is 2.24 bits per heavy atom. The topological polar surface area (TPSA) is 58.9 Å². The second-order valence-corrected chi connectivity index (χ2v) is 4.92. The molecule has 5 heteroatoms. The molecule has 1 aliphatic carbocycles. The van der Waals surface area contributed by atoms with Gasteiger partial charge in [0.2, 0.25) is 6.08 Å². The number of halogens is 1. The van der Waals surface area contributed by atoms with Crippen LogP contribution in [0, 0.1) is 0 Å². The van der Waals surface area contributed by atoms with Gasteiger partial charge in [0.25, 0.3) is 0 Å². The predicted molar refractivity (Wildman–Crippen MR) is 66.0 cm³/mol. The Kier molecular flexibility index (Phi) is 3.22. The maximum atomic E-state index is 10.5. The summed E-state index contributed by atoms with van der Waals surface area (Å²) >= 11 is 3.39. The minimum absolute atomic E-state index is 0.0422. The van der Waals surface area contributed by atoms with Gasteiger partial charge >= 0.3 is 0 Å². The summed E-state index contributed by atoms with van der Waals surface area (Å²) in [5.41, 5.74) is -0.0226. The highest BCUT2D eigenvalue weighted by atomic mass is 79.9. The van der Waals surface area contributed by atoms with Crippen molar-refractivity contribution in [1.82, 2.24) is 0 Å². The molecule has 4 nitrogen and oxygen atoms in total. The Bertz CT molecular complexity index is 491. The highest BCUT2D eigenvalue weighted by Crippen LogP contribution is 2.52. The Morgan fingerprint density at radius 1 is 1.53 bits per heavy atom. The van der Waals surface area contributed by atoms with Gasteiger partial charge < -0.3 is 9.84 Å². The first-order chi connectivity index (χ1) is 8.14. The number of hydrogen-bond donors (Lipinski definition) is 1. The van der Waals surface area contributed by atoms with Gasteiger partial charge in [-0.05, 0) is 31.4 Å². The molecule has 90 valence electrons. The Balaban J connectivity index is 2.61. The second kappa shape index (κ2) is 4.51. The fourth-order valence-electron chi connectivity index (χ4n) is 2.17. The highest BCUT2D eigenvalue weighted by Gasteiger charge is 2.43. The first-order valence-electron chi connectivity index (χ1n) is 5.29. The third kappa shape index (κ3) is 1.85. The van der Waals surface area contributed by atoms with E-state index in [-0.39, 0.29) is 5.75 Å². The molecule has 17 heavy (non-hydrogen) atoms. The van der Waals surface area contributed by atoms with Crippen LogP contribution in [0.15, 0.2) is 21.6 Å². The van der Waals surface area contributed by atoms with E-state index in [0.717, 1.165) is 23.7 Å². The molecule has 0 aromatic heterocycles. The van der Waals surface area contributed by atoms with Crippen molar-refractivity contribution in [2.24, 2.45) is 4.99 Å².